The first-order valence-corrected chi connectivity index (χ1v) is 9.76. The van der Waals surface area contributed by atoms with Crippen LogP contribution in [-0.2, 0) is 0 Å². The quantitative estimate of drug-likeness (QED) is 0.854. The molecule has 2 nitrogen and oxygen atoms in total. The van der Waals surface area contributed by atoms with Gasteiger partial charge in [-0.25, -0.2) is 0 Å². The van der Waals surface area contributed by atoms with Crippen molar-refractivity contribution in [3.63, 3.8) is 0 Å². The molecule has 1 heterocycles. The molecule has 3 heteroatoms. The molecule has 4 unspecified atom stereocenters. The Morgan fingerprint density at radius 2 is 2.00 bits per heavy atom. The third kappa shape index (κ3) is 3.92. The predicted molar refractivity (Wildman–Crippen MR) is 91.6 cm³/mol. The number of hydrogen-bond acceptors (Lipinski definition) is 3. The Hall–Kier alpha value is 0.270. The minimum absolute atomic E-state index is 0.366. The van der Waals surface area contributed by atoms with Gasteiger partial charge in [0.1, 0.15) is 0 Å². The first-order chi connectivity index (χ1) is 9.45. The van der Waals surface area contributed by atoms with E-state index in [-0.39, 0.29) is 0 Å². The fourth-order valence-electron chi connectivity index (χ4n) is 3.86. The molecule has 1 aliphatic heterocycles. The summed E-state index contributed by atoms with van der Waals surface area (Å²) < 4.78 is 0. The predicted octanol–water partition coefficient (Wildman–Crippen LogP) is 3.76. The fourth-order valence-corrected chi connectivity index (χ4v) is 4.68. The summed E-state index contributed by atoms with van der Waals surface area (Å²) in [6.45, 7) is 11.9. The summed E-state index contributed by atoms with van der Waals surface area (Å²) in [7, 11) is 0. The van der Waals surface area contributed by atoms with Crippen LogP contribution in [0, 0.1) is 5.41 Å². The van der Waals surface area contributed by atoms with Gasteiger partial charge < -0.3 is 5.32 Å². The van der Waals surface area contributed by atoms with Crippen LogP contribution in [-0.4, -0.2) is 47.6 Å². The summed E-state index contributed by atoms with van der Waals surface area (Å²) in [6, 6.07) is 2.22. The van der Waals surface area contributed by atoms with Crippen molar-refractivity contribution in [3.05, 3.63) is 0 Å². The lowest BCUT2D eigenvalue weighted by atomic mass is 9.83. The van der Waals surface area contributed by atoms with Crippen molar-refractivity contribution in [1.29, 1.82) is 0 Å². The third-order valence-electron chi connectivity index (χ3n) is 5.38. The molecule has 2 rings (SSSR count). The molecule has 1 saturated heterocycles. The molecule has 0 radical (unpaired) electrons. The molecule has 0 spiro atoms. The van der Waals surface area contributed by atoms with E-state index in [2.05, 4.69) is 55.9 Å². The molecule has 2 fully saturated rings. The summed E-state index contributed by atoms with van der Waals surface area (Å²) in [4.78, 5) is 2.87. The molecule has 2 aliphatic rings. The van der Waals surface area contributed by atoms with Crippen molar-refractivity contribution >= 4 is 11.8 Å². The van der Waals surface area contributed by atoms with Crippen LogP contribution >= 0.6 is 11.8 Å². The number of piperazine rings is 1. The highest BCUT2D eigenvalue weighted by Gasteiger charge is 2.37. The molecule has 1 aliphatic carbocycles. The van der Waals surface area contributed by atoms with Gasteiger partial charge in [-0.3, -0.25) is 4.90 Å². The molecular weight excluding hydrogens is 264 g/mol. The Kier molecular flexibility index (Phi) is 5.84. The van der Waals surface area contributed by atoms with Gasteiger partial charge in [-0.2, -0.15) is 11.8 Å². The molecule has 118 valence electrons. The van der Waals surface area contributed by atoms with Gasteiger partial charge in [-0.05, 0) is 37.4 Å². The number of nitrogens with zero attached hydrogens (tertiary/aromatic N) is 1. The Bertz CT molecular complexity index is 300. The largest absolute Gasteiger partial charge is 0.311 e. The first kappa shape index (κ1) is 16.6. The second-order valence-corrected chi connectivity index (χ2v) is 8.90. The number of thioether (sulfide) groups is 1. The zero-order valence-corrected chi connectivity index (χ0v) is 14.9. The third-order valence-corrected chi connectivity index (χ3v) is 6.47. The average Bonchev–Trinajstić information content (AvgIpc) is 2.45. The van der Waals surface area contributed by atoms with Gasteiger partial charge in [0.25, 0.3) is 0 Å². The monoisotopic (exact) mass is 298 g/mol. The fraction of sp³-hybridized carbons (Fsp3) is 1.00. The maximum absolute atomic E-state index is 3.81. The normalized spacial score (nSPS) is 37.0. The standard InChI is InChI=1S/C17H34N2S/c1-6-13-11-18-16(17(2,3)4)12-19(13)14-8-7-9-15(10-14)20-5/h13-16,18H,6-12H2,1-5H3. The minimum Gasteiger partial charge on any atom is -0.311 e. The first-order valence-electron chi connectivity index (χ1n) is 8.47. The van der Waals surface area contributed by atoms with Gasteiger partial charge in [-0.15, -0.1) is 0 Å². The van der Waals surface area contributed by atoms with E-state index in [1.165, 1.54) is 45.2 Å². The summed E-state index contributed by atoms with van der Waals surface area (Å²) in [6.07, 6.45) is 9.27. The van der Waals surface area contributed by atoms with E-state index < -0.39 is 0 Å². The van der Waals surface area contributed by atoms with Gasteiger partial charge >= 0.3 is 0 Å². The lowest BCUT2D eigenvalue weighted by Crippen LogP contribution is -2.63. The SMILES string of the molecule is CCC1CNC(C(C)(C)C)CN1C1CCCC(SC)C1. The molecule has 0 bridgehead atoms. The summed E-state index contributed by atoms with van der Waals surface area (Å²) in [5.41, 5.74) is 0.366. The summed E-state index contributed by atoms with van der Waals surface area (Å²) in [5.74, 6) is 0. The van der Waals surface area contributed by atoms with E-state index in [9.17, 15) is 0 Å². The van der Waals surface area contributed by atoms with Crippen LogP contribution in [0.5, 0.6) is 0 Å². The highest BCUT2D eigenvalue weighted by atomic mass is 32.2. The Balaban J connectivity index is 2.04. The molecular formula is C17H34N2S. The Morgan fingerprint density at radius 1 is 1.25 bits per heavy atom. The van der Waals surface area contributed by atoms with Crippen LogP contribution in [0.4, 0.5) is 0 Å². The lowest BCUT2D eigenvalue weighted by molar-refractivity contribution is 0.0345. The van der Waals surface area contributed by atoms with Crippen LogP contribution in [0.3, 0.4) is 0 Å². The second-order valence-electron chi connectivity index (χ2n) is 7.76. The van der Waals surface area contributed by atoms with Gasteiger partial charge in [-0.1, -0.05) is 34.1 Å². The van der Waals surface area contributed by atoms with Crippen LogP contribution in [0.15, 0.2) is 0 Å². The van der Waals surface area contributed by atoms with Gasteiger partial charge in [0.2, 0.25) is 0 Å². The second kappa shape index (κ2) is 7.02. The van der Waals surface area contributed by atoms with E-state index in [0.717, 1.165) is 17.3 Å². The van der Waals surface area contributed by atoms with Crippen LogP contribution in [0.2, 0.25) is 0 Å². The van der Waals surface area contributed by atoms with Gasteiger partial charge in [0.05, 0.1) is 0 Å². The van der Waals surface area contributed by atoms with Crippen molar-refractivity contribution in [2.24, 2.45) is 5.41 Å². The zero-order valence-electron chi connectivity index (χ0n) is 14.1. The molecule has 0 amide bonds. The minimum atomic E-state index is 0.366. The molecule has 1 N–H and O–H groups in total. The number of rotatable bonds is 3. The van der Waals surface area contributed by atoms with Crippen LogP contribution in [0.1, 0.15) is 59.8 Å². The maximum Gasteiger partial charge on any atom is 0.0244 e. The van der Waals surface area contributed by atoms with E-state index in [4.69, 9.17) is 0 Å². The van der Waals surface area contributed by atoms with Crippen molar-refractivity contribution < 1.29 is 0 Å². The Morgan fingerprint density at radius 3 is 2.60 bits per heavy atom. The highest BCUT2D eigenvalue weighted by Crippen LogP contribution is 2.33. The van der Waals surface area contributed by atoms with Crippen molar-refractivity contribution in [2.45, 2.75) is 83.2 Å². The van der Waals surface area contributed by atoms with Crippen molar-refractivity contribution in [3.8, 4) is 0 Å². The van der Waals surface area contributed by atoms with Gasteiger partial charge in [0.15, 0.2) is 0 Å². The zero-order chi connectivity index (χ0) is 14.8. The van der Waals surface area contributed by atoms with E-state index in [0.29, 0.717) is 11.5 Å². The molecule has 0 aromatic heterocycles. The lowest BCUT2D eigenvalue weighted by Gasteiger charge is -2.49. The molecule has 1 saturated carbocycles. The molecule has 20 heavy (non-hydrogen) atoms. The molecule has 0 aromatic carbocycles. The molecule has 4 atom stereocenters. The van der Waals surface area contributed by atoms with Crippen molar-refractivity contribution in [1.82, 2.24) is 10.2 Å². The van der Waals surface area contributed by atoms with Crippen LogP contribution < -0.4 is 5.32 Å². The van der Waals surface area contributed by atoms with E-state index >= 15 is 0 Å². The highest BCUT2D eigenvalue weighted by molar-refractivity contribution is 7.99. The average molecular weight is 299 g/mol. The van der Waals surface area contributed by atoms with E-state index in [1.54, 1.807) is 0 Å². The molecule has 0 aromatic rings. The number of hydrogen-bond donors (Lipinski definition) is 1. The topological polar surface area (TPSA) is 15.3 Å². The summed E-state index contributed by atoms with van der Waals surface area (Å²) >= 11 is 2.09. The maximum atomic E-state index is 3.81. The van der Waals surface area contributed by atoms with Crippen LogP contribution in [0.25, 0.3) is 0 Å². The van der Waals surface area contributed by atoms with E-state index in [1.807, 2.05) is 0 Å². The Labute approximate surface area is 130 Å². The van der Waals surface area contributed by atoms with Gasteiger partial charge in [0, 0.05) is 36.5 Å². The summed E-state index contributed by atoms with van der Waals surface area (Å²) in [5, 5.41) is 4.70. The van der Waals surface area contributed by atoms with Crippen molar-refractivity contribution in [2.75, 3.05) is 19.3 Å². The number of nitrogens with one attached hydrogen (secondary N) is 1. The smallest absolute Gasteiger partial charge is 0.0244 e.